The maximum absolute atomic E-state index is 12.8. The van der Waals surface area contributed by atoms with Gasteiger partial charge >= 0.3 is 0 Å². The number of ether oxygens (including phenoxy) is 1. The molecule has 0 bridgehead atoms. The molecule has 0 radical (unpaired) electrons. The summed E-state index contributed by atoms with van der Waals surface area (Å²) in [7, 11) is 0. The molecule has 6 heteroatoms. The second kappa shape index (κ2) is 9.90. The predicted molar refractivity (Wildman–Crippen MR) is 116 cm³/mol. The van der Waals surface area contributed by atoms with Crippen LogP contribution in [0.4, 0.5) is 5.69 Å². The van der Waals surface area contributed by atoms with E-state index in [1.54, 1.807) is 11.0 Å². The second-order valence-corrected chi connectivity index (χ2v) is 7.93. The zero-order valence-electron chi connectivity index (χ0n) is 16.9. The molecule has 1 aliphatic heterocycles. The lowest BCUT2D eigenvalue weighted by molar-refractivity contribution is -0.116. The van der Waals surface area contributed by atoms with Gasteiger partial charge in [0.25, 0.3) is 5.91 Å². The average Bonchev–Trinajstić information content (AvgIpc) is 2.70. The summed E-state index contributed by atoms with van der Waals surface area (Å²) in [5.74, 6) is -0.0787. The summed E-state index contributed by atoms with van der Waals surface area (Å²) in [5, 5.41) is 3.67. The third-order valence-electron chi connectivity index (χ3n) is 5.07. The molecular formula is C23H27ClN2O3. The van der Waals surface area contributed by atoms with Crippen LogP contribution >= 0.6 is 11.6 Å². The number of hydrogen-bond acceptors (Lipinski definition) is 3. The van der Waals surface area contributed by atoms with Crippen LogP contribution < -0.4 is 5.32 Å². The first-order chi connectivity index (χ1) is 13.9. The number of nitrogens with zero attached hydrogens (tertiary/aromatic N) is 1. The number of rotatable bonds is 6. The predicted octanol–water partition coefficient (Wildman–Crippen LogP) is 4.47. The van der Waals surface area contributed by atoms with Crippen molar-refractivity contribution in [1.82, 2.24) is 4.90 Å². The lowest BCUT2D eigenvalue weighted by atomic mass is 10.1. The van der Waals surface area contributed by atoms with Crippen LogP contribution in [0.3, 0.4) is 0 Å². The average molecular weight is 415 g/mol. The molecule has 154 valence electrons. The zero-order chi connectivity index (χ0) is 20.8. The Balaban J connectivity index is 1.56. The molecule has 1 atom stereocenters. The van der Waals surface area contributed by atoms with Crippen LogP contribution in [0.5, 0.6) is 0 Å². The van der Waals surface area contributed by atoms with Gasteiger partial charge in [0, 0.05) is 35.8 Å². The first-order valence-electron chi connectivity index (χ1n) is 9.98. The summed E-state index contributed by atoms with van der Waals surface area (Å²) >= 11 is 5.90. The van der Waals surface area contributed by atoms with Gasteiger partial charge < -0.3 is 15.0 Å². The quantitative estimate of drug-likeness (QED) is 0.758. The van der Waals surface area contributed by atoms with E-state index in [9.17, 15) is 9.59 Å². The molecule has 2 amide bonds. The topological polar surface area (TPSA) is 58.6 Å². The second-order valence-electron chi connectivity index (χ2n) is 7.49. The molecule has 29 heavy (non-hydrogen) atoms. The van der Waals surface area contributed by atoms with E-state index in [0.29, 0.717) is 42.4 Å². The van der Waals surface area contributed by atoms with Crippen LogP contribution in [-0.2, 0) is 16.0 Å². The van der Waals surface area contributed by atoms with Crippen LogP contribution in [0.2, 0.25) is 5.02 Å². The smallest absolute Gasteiger partial charge is 0.254 e. The molecule has 3 rings (SSSR count). The number of morpholine rings is 1. The maximum Gasteiger partial charge on any atom is 0.254 e. The van der Waals surface area contributed by atoms with E-state index in [-0.39, 0.29) is 17.9 Å². The molecular weight excluding hydrogens is 388 g/mol. The summed E-state index contributed by atoms with van der Waals surface area (Å²) in [4.78, 5) is 27.0. The normalized spacial score (nSPS) is 16.5. The fraction of sp³-hybridized carbons (Fsp3) is 0.391. The number of benzene rings is 2. The molecule has 0 saturated carbocycles. The highest BCUT2D eigenvalue weighted by Crippen LogP contribution is 2.20. The van der Waals surface area contributed by atoms with E-state index < -0.39 is 0 Å². The van der Waals surface area contributed by atoms with Crippen molar-refractivity contribution in [3.63, 3.8) is 0 Å². The Bertz CT molecular complexity index is 867. The fourth-order valence-electron chi connectivity index (χ4n) is 3.39. The van der Waals surface area contributed by atoms with Crippen LogP contribution in [0.15, 0.2) is 42.5 Å². The largest absolute Gasteiger partial charge is 0.375 e. The SMILES string of the molecule is Cc1ccc(C(=O)N2CCOC(C)C2)cc1NC(=O)CCCc1ccc(Cl)cc1. The number of nitrogens with one attached hydrogen (secondary N) is 1. The van der Waals surface area contributed by atoms with Gasteiger partial charge in [-0.3, -0.25) is 9.59 Å². The molecule has 1 N–H and O–H groups in total. The van der Waals surface area contributed by atoms with Crippen molar-refractivity contribution in [2.24, 2.45) is 0 Å². The first kappa shape index (κ1) is 21.3. The van der Waals surface area contributed by atoms with Crippen molar-refractivity contribution in [1.29, 1.82) is 0 Å². The molecule has 1 fully saturated rings. The highest BCUT2D eigenvalue weighted by atomic mass is 35.5. The lowest BCUT2D eigenvalue weighted by Gasteiger charge is -2.31. The van der Waals surface area contributed by atoms with Gasteiger partial charge in [0.2, 0.25) is 5.91 Å². The first-order valence-corrected chi connectivity index (χ1v) is 10.4. The summed E-state index contributed by atoms with van der Waals surface area (Å²) in [6.07, 6.45) is 2.02. The minimum atomic E-state index is -0.0494. The van der Waals surface area contributed by atoms with Crippen LogP contribution in [0, 0.1) is 6.92 Å². The molecule has 5 nitrogen and oxygen atoms in total. The van der Waals surface area contributed by atoms with E-state index in [4.69, 9.17) is 16.3 Å². The highest BCUT2D eigenvalue weighted by molar-refractivity contribution is 6.30. The fourth-order valence-corrected chi connectivity index (χ4v) is 3.52. The van der Waals surface area contributed by atoms with Crippen LogP contribution in [-0.4, -0.2) is 42.5 Å². The molecule has 2 aromatic rings. The van der Waals surface area contributed by atoms with Crippen molar-refractivity contribution in [2.45, 2.75) is 39.2 Å². The Morgan fingerprint density at radius 2 is 1.97 bits per heavy atom. The number of carbonyl (C=O) groups excluding carboxylic acids is 2. The van der Waals surface area contributed by atoms with Gasteiger partial charge in [0.05, 0.1) is 12.7 Å². The highest BCUT2D eigenvalue weighted by Gasteiger charge is 2.23. The van der Waals surface area contributed by atoms with E-state index >= 15 is 0 Å². The Hall–Kier alpha value is -2.37. The van der Waals surface area contributed by atoms with Gasteiger partial charge in [-0.15, -0.1) is 0 Å². The Kier molecular flexibility index (Phi) is 7.29. The van der Waals surface area contributed by atoms with Crippen molar-refractivity contribution < 1.29 is 14.3 Å². The van der Waals surface area contributed by atoms with E-state index in [1.807, 2.05) is 50.2 Å². The Morgan fingerprint density at radius 1 is 1.21 bits per heavy atom. The number of amides is 2. The lowest BCUT2D eigenvalue weighted by Crippen LogP contribution is -2.44. The molecule has 1 saturated heterocycles. The van der Waals surface area contributed by atoms with Gasteiger partial charge in [0.1, 0.15) is 0 Å². The molecule has 1 heterocycles. The minimum absolute atomic E-state index is 0.0293. The number of carbonyl (C=O) groups is 2. The van der Waals surface area contributed by atoms with E-state index in [1.165, 1.54) is 0 Å². The number of hydrogen-bond donors (Lipinski definition) is 1. The van der Waals surface area contributed by atoms with Crippen LogP contribution in [0.25, 0.3) is 0 Å². The Labute approximate surface area is 177 Å². The maximum atomic E-state index is 12.8. The Morgan fingerprint density at radius 3 is 2.69 bits per heavy atom. The van der Waals surface area contributed by atoms with Crippen molar-refractivity contribution in [3.8, 4) is 0 Å². The van der Waals surface area contributed by atoms with E-state index in [2.05, 4.69) is 5.32 Å². The number of halogens is 1. The monoisotopic (exact) mass is 414 g/mol. The third-order valence-corrected chi connectivity index (χ3v) is 5.32. The van der Waals surface area contributed by atoms with Crippen molar-refractivity contribution >= 4 is 29.1 Å². The summed E-state index contributed by atoms with van der Waals surface area (Å²) < 4.78 is 5.51. The molecule has 0 spiro atoms. The molecule has 0 aliphatic carbocycles. The van der Waals surface area contributed by atoms with Gasteiger partial charge in [0.15, 0.2) is 0 Å². The summed E-state index contributed by atoms with van der Waals surface area (Å²) in [6, 6.07) is 13.1. The summed E-state index contributed by atoms with van der Waals surface area (Å²) in [5.41, 5.74) is 3.36. The molecule has 1 unspecified atom stereocenters. The standard InChI is InChI=1S/C23H27ClN2O3/c1-16-6-9-19(23(28)26-12-13-29-17(2)15-26)14-21(16)25-22(27)5-3-4-18-7-10-20(24)11-8-18/h6-11,14,17H,3-5,12-13,15H2,1-2H3,(H,25,27). The van der Waals surface area contributed by atoms with Crippen LogP contribution in [0.1, 0.15) is 41.3 Å². The molecule has 2 aromatic carbocycles. The molecule has 1 aliphatic rings. The van der Waals surface area contributed by atoms with E-state index in [0.717, 1.165) is 24.0 Å². The summed E-state index contributed by atoms with van der Waals surface area (Å²) in [6.45, 7) is 5.61. The van der Waals surface area contributed by atoms with Crippen molar-refractivity contribution in [2.75, 3.05) is 25.0 Å². The van der Waals surface area contributed by atoms with Gasteiger partial charge in [-0.1, -0.05) is 29.8 Å². The number of aryl methyl sites for hydroxylation is 2. The van der Waals surface area contributed by atoms with Gasteiger partial charge in [-0.2, -0.15) is 0 Å². The zero-order valence-corrected chi connectivity index (χ0v) is 17.7. The minimum Gasteiger partial charge on any atom is -0.375 e. The van der Waals surface area contributed by atoms with Crippen molar-refractivity contribution in [3.05, 3.63) is 64.2 Å². The van der Waals surface area contributed by atoms with Gasteiger partial charge in [-0.25, -0.2) is 0 Å². The molecule has 0 aromatic heterocycles. The van der Waals surface area contributed by atoms with Gasteiger partial charge in [-0.05, 0) is 62.1 Å². The number of anilines is 1. The third kappa shape index (κ3) is 6.05.